The fourth-order valence-corrected chi connectivity index (χ4v) is 4.98. The lowest BCUT2D eigenvalue weighted by Crippen LogP contribution is -2.52. The summed E-state index contributed by atoms with van der Waals surface area (Å²) in [7, 11) is 4.34. The maximum atomic E-state index is 12.4. The molecule has 2 N–H and O–H groups in total. The van der Waals surface area contributed by atoms with Crippen molar-refractivity contribution in [3.63, 3.8) is 0 Å². The number of halogens is 2. The van der Waals surface area contributed by atoms with E-state index in [2.05, 4.69) is 60.0 Å². The number of nitrogens with zero attached hydrogens (tertiary/aromatic N) is 1. The molecule has 0 unspecified atom stereocenters. The molecule has 0 heterocycles. The highest BCUT2D eigenvalue weighted by molar-refractivity contribution is 6.30. The topological polar surface area (TPSA) is 61.4 Å². The first kappa shape index (κ1) is 29.2. The minimum Gasteiger partial charge on any atom is -0.356 e. The fraction of sp³-hybridized carbons (Fsp3) is 0.500. The largest absolute Gasteiger partial charge is 0.356 e. The summed E-state index contributed by atoms with van der Waals surface area (Å²) in [4.78, 5) is 26.9. The van der Waals surface area contributed by atoms with Crippen molar-refractivity contribution in [3.8, 4) is 0 Å². The second-order valence-corrected chi connectivity index (χ2v) is 10.1. The lowest BCUT2D eigenvalue weighted by Gasteiger charge is -2.45. The van der Waals surface area contributed by atoms with Crippen LogP contribution in [0.4, 0.5) is 0 Å². The quantitative estimate of drug-likeness (QED) is 0.429. The van der Waals surface area contributed by atoms with Crippen molar-refractivity contribution < 1.29 is 9.59 Å². The molecule has 0 spiro atoms. The Labute approximate surface area is 221 Å². The molecule has 2 aromatic carbocycles. The summed E-state index contributed by atoms with van der Waals surface area (Å²) >= 11 is 5.89. The number of hydrogen-bond donors (Lipinski definition) is 2. The van der Waals surface area contributed by atoms with Gasteiger partial charge in [0, 0.05) is 36.0 Å². The van der Waals surface area contributed by atoms with Gasteiger partial charge in [-0.2, -0.15) is 0 Å². The Kier molecular flexibility index (Phi) is 12.1. The molecular formula is C28H39Cl2N3O2. The van der Waals surface area contributed by atoms with Gasteiger partial charge in [0.2, 0.25) is 11.8 Å². The number of rotatable bonds is 11. The van der Waals surface area contributed by atoms with Crippen LogP contribution >= 0.6 is 24.0 Å². The molecule has 0 radical (unpaired) electrons. The van der Waals surface area contributed by atoms with Crippen LogP contribution in [-0.4, -0.2) is 48.9 Å². The summed E-state index contributed by atoms with van der Waals surface area (Å²) in [5, 5.41) is 6.85. The molecule has 0 bridgehead atoms. The van der Waals surface area contributed by atoms with Gasteiger partial charge in [0.15, 0.2) is 0 Å². The number of carbonyl (C=O) groups excluding carboxylic acids is 2. The average molecular weight is 521 g/mol. The summed E-state index contributed by atoms with van der Waals surface area (Å²) in [5.41, 5.74) is 2.65. The highest BCUT2D eigenvalue weighted by Gasteiger charge is 2.37. The first-order valence-corrected chi connectivity index (χ1v) is 12.8. The van der Waals surface area contributed by atoms with Crippen molar-refractivity contribution in [1.29, 1.82) is 0 Å². The van der Waals surface area contributed by atoms with Crippen LogP contribution in [0, 0.1) is 0 Å². The molecule has 7 heteroatoms. The SMILES string of the molecule is CN(C)C1(Cc2ccccc2)CCC(NC(=O)CCCC(=O)NCCc2ccc(Cl)cc2)CC1.Cl. The summed E-state index contributed by atoms with van der Waals surface area (Å²) in [6.45, 7) is 0.589. The van der Waals surface area contributed by atoms with E-state index in [4.69, 9.17) is 11.6 Å². The van der Waals surface area contributed by atoms with Gasteiger partial charge in [-0.1, -0.05) is 54.1 Å². The molecule has 0 aromatic heterocycles. The van der Waals surface area contributed by atoms with Crippen LogP contribution in [0.1, 0.15) is 56.1 Å². The zero-order valence-corrected chi connectivity index (χ0v) is 22.5. The zero-order chi connectivity index (χ0) is 24.4. The van der Waals surface area contributed by atoms with Crippen molar-refractivity contribution in [1.82, 2.24) is 15.5 Å². The summed E-state index contributed by atoms with van der Waals surface area (Å²) in [6, 6.07) is 18.5. The lowest BCUT2D eigenvalue weighted by atomic mass is 9.75. The monoisotopic (exact) mass is 519 g/mol. The number of carbonyl (C=O) groups is 2. The molecule has 1 fully saturated rings. The van der Waals surface area contributed by atoms with Gasteiger partial charge in [-0.15, -0.1) is 12.4 Å². The molecular weight excluding hydrogens is 481 g/mol. The van der Waals surface area contributed by atoms with Gasteiger partial charge in [0.05, 0.1) is 0 Å². The smallest absolute Gasteiger partial charge is 0.220 e. The number of nitrogens with one attached hydrogen (secondary N) is 2. The fourth-order valence-electron chi connectivity index (χ4n) is 4.85. The first-order chi connectivity index (χ1) is 16.4. The predicted octanol–water partition coefficient (Wildman–Crippen LogP) is 5.19. The highest BCUT2D eigenvalue weighted by atomic mass is 35.5. The van der Waals surface area contributed by atoms with E-state index in [0.29, 0.717) is 30.8 Å². The van der Waals surface area contributed by atoms with Gasteiger partial charge in [0.25, 0.3) is 0 Å². The third-order valence-corrected chi connectivity index (χ3v) is 7.31. The molecule has 35 heavy (non-hydrogen) atoms. The van der Waals surface area contributed by atoms with Crippen LogP contribution < -0.4 is 10.6 Å². The van der Waals surface area contributed by atoms with E-state index in [1.165, 1.54) is 5.56 Å². The molecule has 0 saturated heterocycles. The molecule has 1 aliphatic carbocycles. The molecule has 0 atom stereocenters. The molecule has 1 aliphatic rings. The Hall–Kier alpha value is -2.08. The predicted molar refractivity (Wildman–Crippen MR) is 146 cm³/mol. The van der Waals surface area contributed by atoms with Crippen LogP contribution in [-0.2, 0) is 22.4 Å². The van der Waals surface area contributed by atoms with E-state index in [-0.39, 0.29) is 35.8 Å². The van der Waals surface area contributed by atoms with E-state index < -0.39 is 0 Å². The van der Waals surface area contributed by atoms with Crippen molar-refractivity contribution >= 4 is 35.8 Å². The Morgan fingerprint density at radius 2 is 1.57 bits per heavy atom. The van der Waals surface area contributed by atoms with Crippen LogP contribution in [0.5, 0.6) is 0 Å². The maximum Gasteiger partial charge on any atom is 0.220 e. The second kappa shape index (κ2) is 14.5. The summed E-state index contributed by atoms with van der Waals surface area (Å²) in [5.74, 6) is 0.0514. The molecule has 2 aromatic rings. The van der Waals surface area contributed by atoms with Crippen molar-refractivity contribution in [2.45, 2.75) is 69.4 Å². The van der Waals surface area contributed by atoms with Crippen molar-refractivity contribution in [2.24, 2.45) is 0 Å². The van der Waals surface area contributed by atoms with Gasteiger partial charge in [-0.05, 0) is 82.3 Å². The Balaban J connectivity index is 0.00000432. The first-order valence-electron chi connectivity index (χ1n) is 12.4. The minimum atomic E-state index is -0.00360. The van der Waals surface area contributed by atoms with Crippen molar-refractivity contribution in [3.05, 3.63) is 70.7 Å². The van der Waals surface area contributed by atoms with E-state index in [1.807, 2.05) is 24.3 Å². The summed E-state index contributed by atoms with van der Waals surface area (Å²) < 4.78 is 0. The maximum absolute atomic E-state index is 12.4. The van der Waals surface area contributed by atoms with E-state index in [9.17, 15) is 9.59 Å². The molecule has 0 aliphatic heterocycles. The van der Waals surface area contributed by atoms with Gasteiger partial charge in [0.1, 0.15) is 0 Å². The second-order valence-electron chi connectivity index (χ2n) is 9.70. The number of likely N-dealkylation sites (N-methyl/N-ethyl adjacent to an activating group) is 1. The summed E-state index contributed by atoms with van der Waals surface area (Å²) in [6.07, 6.45) is 7.25. The minimum absolute atomic E-state index is 0. The number of hydrogen-bond acceptors (Lipinski definition) is 3. The number of benzene rings is 2. The van der Waals surface area contributed by atoms with Crippen LogP contribution in [0.3, 0.4) is 0 Å². The molecule has 192 valence electrons. The Bertz CT molecular complexity index is 912. The van der Waals surface area contributed by atoms with E-state index >= 15 is 0 Å². The van der Waals surface area contributed by atoms with E-state index in [1.54, 1.807) is 0 Å². The van der Waals surface area contributed by atoms with Crippen LogP contribution in [0.2, 0.25) is 5.02 Å². The van der Waals surface area contributed by atoms with Crippen molar-refractivity contribution in [2.75, 3.05) is 20.6 Å². The standard InChI is InChI=1S/C28H38ClN3O2.ClH/c1-32(2)28(21-23-7-4-3-5-8-23)18-15-25(16-19-28)31-27(34)10-6-9-26(33)30-20-17-22-11-13-24(29)14-12-22;/h3-5,7-8,11-14,25H,6,9-10,15-21H2,1-2H3,(H,30,33)(H,31,34);1H. The molecule has 3 rings (SSSR count). The molecule has 2 amide bonds. The van der Waals surface area contributed by atoms with E-state index in [0.717, 1.165) is 44.1 Å². The van der Waals surface area contributed by atoms with Gasteiger partial charge >= 0.3 is 0 Å². The van der Waals surface area contributed by atoms with Gasteiger partial charge < -0.3 is 15.5 Å². The highest BCUT2D eigenvalue weighted by Crippen LogP contribution is 2.35. The Morgan fingerprint density at radius 1 is 0.943 bits per heavy atom. The third-order valence-electron chi connectivity index (χ3n) is 7.06. The molecule has 1 saturated carbocycles. The Morgan fingerprint density at radius 3 is 2.20 bits per heavy atom. The van der Waals surface area contributed by atoms with Gasteiger partial charge in [-0.3, -0.25) is 9.59 Å². The average Bonchev–Trinajstić information content (AvgIpc) is 2.82. The zero-order valence-electron chi connectivity index (χ0n) is 20.9. The molecule has 5 nitrogen and oxygen atoms in total. The normalized spacial score (nSPS) is 19.6. The van der Waals surface area contributed by atoms with Gasteiger partial charge in [-0.25, -0.2) is 0 Å². The number of amides is 2. The van der Waals surface area contributed by atoms with Crippen LogP contribution in [0.15, 0.2) is 54.6 Å². The van der Waals surface area contributed by atoms with Crippen LogP contribution in [0.25, 0.3) is 0 Å². The third kappa shape index (κ3) is 9.47. The lowest BCUT2D eigenvalue weighted by molar-refractivity contribution is -0.123.